The first kappa shape index (κ1) is 16.1. The molecule has 8 atom stereocenters. The highest BCUT2D eigenvalue weighted by atomic mass is 16.5. The Morgan fingerprint density at radius 1 is 1.37 bits per heavy atom. The Morgan fingerprint density at radius 2 is 2.15 bits per heavy atom. The number of ether oxygens (including phenoxy) is 1. The van der Waals surface area contributed by atoms with Crippen LogP contribution in [0.2, 0.25) is 0 Å². The summed E-state index contributed by atoms with van der Waals surface area (Å²) in [4.78, 5) is 18.2. The molecule has 4 saturated heterocycles. The third kappa shape index (κ3) is 1.40. The lowest BCUT2D eigenvalue weighted by Gasteiger charge is -2.61. The highest BCUT2D eigenvalue weighted by Crippen LogP contribution is 2.72. The van der Waals surface area contributed by atoms with E-state index in [4.69, 9.17) is 4.74 Å². The van der Waals surface area contributed by atoms with E-state index < -0.39 is 11.5 Å². The average molecular weight is 366 g/mol. The van der Waals surface area contributed by atoms with Crippen LogP contribution in [-0.4, -0.2) is 60.9 Å². The van der Waals surface area contributed by atoms with E-state index in [1.54, 1.807) is 0 Å². The second-order valence-electron chi connectivity index (χ2n) is 9.05. The van der Waals surface area contributed by atoms with Crippen molar-refractivity contribution in [2.45, 2.75) is 49.4 Å². The van der Waals surface area contributed by atoms with E-state index in [9.17, 15) is 9.90 Å². The largest absolute Gasteiger partial charge is 0.468 e. The van der Waals surface area contributed by atoms with Crippen molar-refractivity contribution >= 4 is 11.7 Å². The number of benzene rings is 1. The number of para-hydroxylation sites is 1. The van der Waals surface area contributed by atoms with Crippen molar-refractivity contribution in [3.8, 4) is 0 Å². The van der Waals surface area contributed by atoms with Gasteiger partial charge in [-0.1, -0.05) is 29.8 Å². The Morgan fingerprint density at radius 3 is 2.89 bits per heavy atom. The first-order chi connectivity index (χ1) is 13.0. The maximum Gasteiger partial charge on any atom is 0.316 e. The van der Waals surface area contributed by atoms with E-state index in [1.165, 1.54) is 23.9 Å². The summed E-state index contributed by atoms with van der Waals surface area (Å²) in [7, 11) is 3.63. The first-order valence-electron chi connectivity index (χ1n) is 10.0. The number of fused-ring (bicyclic) bond motifs is 2. The molecule has 5 bridgehead atoms. The number of esters is 1. The fourth-order valence-corrected chi connectivity index (χ4v) is 7.97. The standard InChI is InChI=1S/C22H26N2O3/c1-4-12-11-24-16-9-14(12)22(20(26)27-3)17(24)10-21(19(22)25)13-7-5-6-8-15(13)23(2)18(16)21/h4-8,14,16-19,25H,9-11H2,1-3H3/b12-4-/t14-,16-,17?,18+,19+,21?,22-/m0/s1. The van der Waals surface area contributed by atoms with Gasteiger partial charge >= 0.3 is 5.97 Å². The fourth-order valence-electron chi connectivity index (χ4n) is 7.97. The van der Waals surface area contributed by atoms with Gasteiger partial charge in [-0.25, -0.2) is 0 Å². The van der Waals surface area contributed by atoms with E-state index >= 15 is 0 Å². The number of carbonyl (C=O) groups excluding carboxylic acids is 1. The van der Waals surface area contributed by atoms with Gasteiger partial charge in [0.15, 0.2) is 0 Å². The zero-order valence-electron chi connectivity index (χ0n) is 16.1. The Labute approximate surface area is 159 Å². The molecule has 1 spiro atoms. The van der Waals surface area contributed by atoms with Crippen LogP contribution >= 0.6 is 0 Å². The number of anilines is 1. The number of likely N-dealkylation sites (N-methyl/N-ethyl adjacent to an activating group) is 1. The lowest BCUT2D eigenvalue weighted by atomic mass is 9.58. The summed E-state index contributed by atoms with van der Waals surface area (Å²) in [6.07, 6.45) is 3.19. The summed E-state index contributed by atoms with van der Waals surface area (Å²) in [6, 6.07) is 9.09. The molecule has 1 aliphatic carbocycles. The van der Waals surface area contributed by atoms with Gasteiger partial charge in [0.2, 0.25) is 0 Å². The van der Waals surface area contributed by atoms with Crippen LogP contribution in [0.25, 0.3) is 0 Å². The number of aliphatic hydroxyl groups is 1. The van der Waals surface area contributed by atoms with Gasteiger partial charge in [0.05, 0.1) is 19.3 Å². The van der Waals surface area contributed by atoms with Crippen LogP contribution in [0.1, 0.15) is 25.3 Å². The van der Waals surface area contributed by atoms with Crippen LogP contribution in [-0.2, 0) is 14.9 Å². The molecule has 7 rings (SSSR count). The minimum atomic E-state index is -0.849. The fraction of sp³-hybridized carbons (Fsp3) is 0.591. The van der Waals surface area contributed by atoms with Crippen molar-refractivity contribution in [1.82, 2.24) is 4.90 Å². The van der Waals surface area contributed by atoms with Crippen molar-refractivity contribution in [1.29, 1.82) is 0 Å². The van der Waals surface area contributed by atoms with Crippen molar-refractivity contribution in [3.63, 3.8) is 0 Å². The summed E-state index contributed by atoms with van der Waals surface area (Å²) < 4.78 is 5.37. The molecule has 1 N–H and O–H groups in total. The number of aliphatic hydroxyl groups excluding tert-OH is 1. The molecular weight excluding hydrogens is 340 g/mol. The predicted molar refractivity (Wildman–Crippen MR) is 102 cm³/mol. The molecular formula is C22H26N2O3. The van der Waals surface area contributed by atoms with E-state index in [0.717, 1.165) is 19.4 Å². The molecule has 142 valence electrons. The quantitative estimate of drug-likeness (QED) is 0.606. The highest BCUT2D eigenvalue weighted by molar-refractivity contribution is 5.84. The van der Waals surface area contributed by atoms with Gasteiger partial charge in [-0.15, -0.1) is 0 Å². The third-order valence-corrected chi connectivity index (χ3v) is 8.72. The summed E-state index contributed by atoms with van der Waals surface area (Å²) in [6.45, 7) is 2.97. The van der Waals surface area contributed by atoms with Gasteiger partial charge in [0.25, 0.3) is 0 Å². The van der Waals surface area contributed by atoms with E-state index in [1.807, 2.05) is 0 Å². The van der Waals surface area contributed by atoms with Crippen LogP contribution in [0.15, 0.2) is 35.9 Å². The Hall–Kier alpha value is -1.85. The predicted octanol–water partition coefficient (Wildman–Crippen LogP) is 1.70. The molecule has 0 amide bonds. The smallest absolute Gasteiger partial charge is 0.316 e. The van der Waals surface area contributed by atoms with Gasteiger partial charge in [-0.3, -0.25) is 9.69 Å². The van der Waals surface area contributed by atoms with Crippen LogP contribution < -0.4 is 4.90 Å². The Kier molecular flexibility index (Phi) is 2.84. The van der Waals surface area contributed by atoms with Crippen LogP contribution in [0, 0.1) is 11.3 Å². The molecule has 1 aromatic carbocycles. The molecule has 5 nitrogen and oxygen atoms in total. The number of hydrogen-bond donors (Lipinski definition) is 1. The maximum absolute atomic E-state index is 13.3. The van der Waals surface area contributed by atoms with Crippen LogP contribution in [0.3, 0.4) is 0 Å². The summed E-state index contributed by atoms with van der Waals surface area (Å²) >= 11 is 0. The van der Waals surface area contributed by atoms with Gasteiger partial charge in [0.1, 0.15) is 5.41 Å². The molecule has 0 radical (unpaired) electrons. The highest BCUT2D eigenvalue weighted by Gasteiger charge is 2.82. The molecule has 0 aromatic heterocycles. The molecule has 5 aliphatic heterocycles. The van der Waals surface area contributed by atoms with E-state index in [0.29, 0.717) is 6.04 Å². The van der Waals surface area contributed by atoms with E-state index in [2.05, 4.69) is 54.1 Å². The van der Waals surface area contributed by atoms with Gasteiger partial charge in [-0.2, -0.15) is 0 Å². The van der Waals surface area contributed by atoms with Crippen LogP contribution in [0.4, 0.5) is 5.69 Å². The molecule has 5 heteroatoms. The second-order valence-corrected chi connectivity index (χ2v) is 9.05. The number of rotatable bonds is 1. The van der Waals surface area contributed by atoms with Crippen molar-refractivity contribution in [2.24, 2.45) is 11.3 Å². The molecule has 1 saturated carbocycles. The lowest BCUT2D eigenvalue weighted by Crippen LogP contribution is -2.71. The average Bonchev–Trinajstić information content (AvgIpc) is 3.08. The number of hydrogen-bond acceptors (Lipinski definition) is 5. The molecule has 1 aromatic rings. The number of carbonyl (C=O) groups is 1. The number of methoxy groups -OCH3 is 1. The van der Waals surface area contributed by atoms with Crippen molar-refractivity contribution in [2.75, 3.05) is 25.6 Å². The van der Waals surface area contributed by atoms with Crippen molar-refractivity contribution in [3.05, 3.63) is 41.5 Å². The summed E-state index contributed by atoms with van der Waals surface area (Å²) in [5, 5.41) is 12.0. The molecule has 27 heavy (non-hydrogen) atoms. The summed E-state index contributed by atoms with van der Waals surface area (Å²) in [5.74, 6) is -0.146. The first-order valence-corrected chi connectivity index (χ1v) is 10.0. The maximum atomic E-state index is 13.3. The Bertz CT molecular complexity index is 897. The monoisotopic (exact) mass is 366 g/mol. The minimum Gasteiger partial charge on any atom is -0.468 e. The Balaban J connectivity index is 1.67. The number of nitrogens with zero attached hydrogens (tertiary/aromatic N) is 2. The number of piperidine rings is 4. The number of allylic oxidation sites excluding steroid dienone is 1. The minimum absolute atomic E-state index is 0.0585. The molecule has 5 heterocycles. The normalized spacial score (nSPS) is 49.5. The molecule has 3 unspecified atom stereocenters. The topological polar surface area (TPSA) is 53.0 Å². The van der Waals surface area contributed by atoms with E-state index in [-0.39, 0.29) is 29.4 Å². The van der Waals surface area contributed by atoms with Gasteiger partial charge in [-0.05, 0) is 31.4 Å². The summed E-state index contributed by atoms with van der Waals surface area (Å²) in [5.41, 5.74) is 2.48. The lowest BCUT2D eigenvalue weighted by molar-refractivity contribution is -0.179. The van der Waals surface area contributed by atoms with Crippen molar-refractivity contribution < 1.29 is 14.6 Å². The van der Waals surface area contributed by atoms with Crippen LogP contribution in [0.5, 0.6) is 0 Å². The molecule has 6 aliphatic rings. The van der Waals surface area contributed by atoms with Gasteiger partial charge < -0.3 is 14.7 Å². The SMILES string of the molecule is C/C=C1/CN2C3CC45c6ccccc6N(C)[C@@H]4[C@@H]2C[C@@H]1[C@@]3(C(=O)OC)[C@@H]5O. The molecule has 5 fully saturated rings. The zero-order valence-corrected chi connectivity index (χ0v) is 16.1. The third-order valence-electron chi connectivity index (χ3n) is 8.72. The second kappa shape index (κ2) is 4.76. The van der Waals surface area contributed by atoms with Gasteiger partial charge in [0, 0.05) is 42.7 Å². The zero-order chi connectivity index (χ0) is 18.7.